The Bertz CT molecular complexity index is 1140. The summed E-state index contributed by atoms with van der Waals surface area (Å²) in [5.41, 5.74) is 4.22. The lowest BCUT2D eigenvalue weighted by atomic mass is 9.99. The third-order valence-corrected chi connectivity index (χ3v) is 7.21. The summed E-state index contributed by atoms with van der Waals surface area (Å²) in [5.74, 6) is 0.262. The zero-order chi connectivity index (χ0) is 26.8. The van der Waals surface area contributed by atoms with E-state index in [4.69, 9.17) is 11.6 Å². The van der Waals surface area contributed by atoms with Crippen molar-refractivity contribution < 1.29 is 9.59 Å². The molecule has 0 aromatic heterocycles. The van der Waals surface area contributed by atoms with E-state index in [0.29, 0.717) is 30.2 Å². The molecule has 2 amide bonds. The summed E-state index contributed by atoms with van der Waals surface area (Å²) >= 11 is 6.50. The molecule has 0 saturated heterocycles. The summed E-state index contributed by atoms with van der Waals surface area (Å²) < 4.78 is 0. The fourth-order valence-corrected chi connectivity index (χ4v) is 4.46. The Morgan fingerprint density at radius 2 is 1.51 bits per heavy atom. The Labute approximate surface area is 227 Å². The van der Waals surface area contributed by atoms with Gasteiger partial charge in [-0.25, -0.2) is 0 Å². The largest absolute Gasteiger partial charge is 0.352 e. The molecule has 4 nitrogen and oxygen atoms in total. The van der Waals surface area contributed by atoms with E-state index < -0.39 is 6.04 Å². The Hall–Kier alpha value is -3.11. The van der Waals surface area contributed by atoms with Crippen LogP contribution in [-0.2, 0) is 29.0 Å². The molecule has 0 fully saturated rings. The summed E-state index contributed by atoms with van der Waals surface area (Å²) in [6, 6.07) is 25.2. The first-order valence-electron chi connectivity index (χ1n) is 13.2. The van der Waals surface area contributed by atoms with E-state index in [1.165, 1.54) is 5.56 Å². The summed E-state index contributed by atoms with van der Waals surface area (Å²) in [4.78, 5) is 29.1. The second kappa shape index (κ2) is 14.0. The number of halogens is 1. The van der Waals surface area contributed by atoms with E-state index in [1.54, 1.807) is 4.90 Å². The van der Waals surface area contributed by atoms with Crippen molar-refractivity contribution in [2.75, 3.05) is 0 Å². The van der Waals surface area contributed by atoms with Gasteiger partial charge in [0.1, 0.15) is 6.04 Å². The van der Waals surface area contributed by atoms with Gasteiger partial charge in [0, 0.05) is 30.5 Å². The first-order valence-corrected chi connectivity index (χ1v) is 13.6. The molecule has 0 unspecified atom stereocenters. The number of amides is 2. The van der Waals surface area contributed by atoms with Crippen molar-refractivity contribution in [3.63, 3.8) is 0 Å². The van der Waals surface area contributed by atoms with Crippen molar-refractivity contribution in [2.45, 2.75) is 77.9 Å². The first kappa shape index (κ1) is 28.5. The molecular weight excluding hydrogens is 480 g/mol. The molecule has 0 aliphatic heterocycles. The molecule has 0 radical (unpaired) electrons. The molecule has 0 spiro atoms. The molecule has 1 N–H and O–H groups in total. The van der Waals surface area contributed by atoms with E-state index >= 15 is 0 Å². The average molecular weight is 519 g/mol. The number of carbonyl (C=O) groups is 2. The lowest BCUT2D eigenvalue weighted by Crippen LogP contribution is -2.52. The van der Waals surface area contributed by atoms with E-state index in [1.807, 2.05) is 68.4 Å². The molecule has 0 saturated carbocycles. The molecular formula is C32H39ClN2O2. The fourth-order valence-electron chi connectivity index (χ4n) is 4.27. The summed E-state index contributed by atoms with van der Waals surface area (Å²) in [6.45, 7) is 8.63. The van der Waals surface area contributed by atoms with Gasteiger partial charge >= 0.3 is 0 Å². The van der Waals surface area contributed by atoms with Crippen molar-refractivity contribution in [3.05, 3.63) is 106 Å². The zero-order valence-electron chi connectivity index (χ0n) is 22.4. The summed E-state index contributed by atoms with van der Waals surface area (Å²) in [6.07, 6.45) is 2.17. The third kappa shape index (κ3) is 8.46. The molecule has 3 aromatic carbocycles. The van der Waals surface area contributed by atoms with Gasteiger partial charge in [-0.2, -0.15) is 0 Å². The van der Waals surface area contributed by atoms with E-state index in [9.17, 15) is 9.59 Å². The first-order chi connectivity index (χ1) is 17.8. The minimum atomic E-state index is -0.650. The predicted octanol–water partition coefficient (Wildman–Crippen LogP) is 6.95. The van der Waals surface area contributed by atoms with Gasteiger partial charge in [0.15, 0.2) is 0 Å². The zero-order valence-corrected chi connectivity index (χ0v) is 23.2. The van der Waals surface area contributed by atoms with Crippen LogP contribution in [0.4, 0.5) is 0 Å². The molecule has 3 aromatic rings. The van der Waals surface area contributed by atoms with Crippen LogP contribution in [0.2, 0.25) is 5.02 Å². The Kier molecular flexibility index (Phi) is 10.8. The SMILES string of the molecule is CC[C@@H](C)NC(=O)[C@H](Cc1ccccc1)N(Cc1ccccc1Cl)C(=O)CCc1ccc(C(C)C)cc1. The normalized spacial score (nSPS) is 12.7. The second-order valence-corrected chi connectivity index (χ2v) is 10.4. The lowest BCUT2D eigenvalue weighted by Gasteiger charge is -2.32. The van der Waals surface area contributed by atoms with Gasteiger partial charge in [-0.05, 0) is 54.0 Å². The highest BCUT2D eigenvalue weighted by Crippen LogP contribution is 2.22. The lowest BCUT2D eigenvalue weighted by molar-refractivity contribution is -0.141. The molecule has 37 heavy (non-hydrogen) atoms. The van der Waals surface area contributed by atoms with Gasteiger partial charge in [-0.3, -0.25) is 9.59 Å². The Morgan fingerprint density at radius 3 is 2.14 bits per heavy atom. The average Bonchev–Trinajstić information content (AvgIpc) is 2.90. The van der Waals surface area contributed by atoms with Gasteiger partial charge in [-0.1, -0.05) is 105 Å². The van der Waals surface area contributed by atoms with Gasteiger partial charge in [0.05, 0.1) is 0 Å². The maximum Gasteiger partial charge on any atom is 0.243 e. The quantitative estimate of drug-likeness (QED) is 0.282. The molecule has 0 aliphatic rings. The van der Waals surface area contributed by atoms with Crippen molar-refractivity contribution in [2.24, 2.45) is 0 Å². The molecule has 0 bridgehead atoms. The third-order valence-electron chi connectivity index (χ3n) is 6.84. The van der Waals surface area contributed by atoms with E-state index in [2.05, 4.69) is 43.4 Å². The number of hydrogen-bond acceptors (Lipinski definition) is 2. The minimum Gasteiger partial charge on any atom is -0.352 e. The summed E-state index contributed by atoms with van der Waals surface area (Å²) in [5, 5.41) is 3.70. The Balaban J connectivity index is 1.90. The van der Waals surface area contributed by atoms with Crippen LogP contribution in [0.25, 0.3) is 0 Å². The standard InChI is InChI=1S/C32H39ClN2O2/c1-5-24(4)34-32(37)30(21-26-11-7-6-8-12-26)35(22-28-13-9-10-14-29(28)33)31(36)20-17-25-15-18-27(19-16-25)23(2)3/h6-16,18-19,23-24,30H,5,17,20-22H2,1-4H3,(H,34,37)/t24-,30+/m1/s1. The number of nitrogens with one attached hydrogen (secondary N) is 1. The number of benzene rings is 3. The highest BCUT2D eigenvalue weighted by molar-refractivity contribution is 6.31. The number of carbonyl (C=O) groups excluding carboxylic acids is 2. The van der Waals surface area contributed by atoms with Gasteiger partial charge in [-0.15, -0.1) is 0 Å². The van der Waals surface area contributed by atoms with Crippen LogP contribution in [0, 0.1) is 0 Å². The molecule has 5 heteroatoms. The van der Waals surface area contributed by atoms with Crippen molar-refractivity contribution in [1.29, 1.82) is 0 Å². The van der Waals surface area contributed by atoms with Crippen LogP contribution in [0.5, 0.6) is 0 Å². The highest BCUT2D eigenvalue weighted by atomic mass is 35.5. The Morgan fingerprint density at radius 1 is 0.865 bits per heavy atom. The molecule has 2 atom stereocenters. The molecule has 0 heterocycles. The number of aryl methyl sites for hydroxylation is 1. The number of nitrogens with zero attached hydrogens (tertiary/aromatic N) is 1. The maximum atomic E-state index is 13.8. The minimum absolute atomic E-state index is 0.0162. The monoisotopic (exact) mass is 518 g/mol. The van der Waals surface area contributed by atoms with Crippen LogP contribution in [0.1, 0.15) is 68.7 Å². The molecule has 0 aliphatic carbocycles. The van der Waals surface area contributed by atoms with Gasteiger partial charge in [0.25, 0.3) is 0 Å². The maximum absolute atomic E-state index is 13.8. The predicted molar refractivity (Wildman–Crippen MR) is 153 cm³/mol. The molecule has 196 valence electrons. The van der Waals surface area contributed by atoms with Gasteiger partial charge in [0.2, 0.25) is 11.8 Å². The van der Waals surface area contributed by atoms with Crippen molar-refractivity contribution in [1.82, 2.24) is 10.2 Å². The second-order valence-electron chi connectivity index (χ2n) is 10.0. The highest BCUT2D eigenvalue weighted by Gasteiger charge is 2.31. The number of hydrogen-bond donors (Lipinski definition) is 1. The fraction of sp³-hybridized carbons (Fsp3) is 0.375. The van der Waals surface area contributed by atoms with Crippen LogP contribution in [-0.4, -0.2) is 28.8 Å². The topological polar surface area (TPSA) is 49.4 Å². The van der Waals surface area contributed by atoms with Crippen LogP contribution in [0.15, 0.2) is 78.9 Å². The van der Waals surface area contributed by atoms with Crippen molar-refractivity contribution in [3.8, 4) is 0 Å². The van der Waals surface area contributed by atoms with Crippen LogP contribution >= 0.6 is 11.6 Å². The van der Waals surface area contributed by atoms with Crippen LogP contribution in [0.3, 0.4) is 0 Å². The molecule has 3 rings (SSSR count). The van der Waals surface area contributed by atoms with Crippen LogP contribution < -0.4 is 5.32 Å². The van der Waals surface area contributed by atoms with Crippen molar-refractivity contribution >= 4 is 23.4 Å². The van der Waals surface area contributed by atoms with Gasteiger partial charge < -0.3 is 10.2 Å². The summed E-state index contributed by atoms with van der Waals surface area (Å²) in [7, 11) is 0. The van der Waals surface area contributed by atoms with E-state index in [0.717, 1.165) is 23.1 Å². The smallest absolute Gasteiger partial charge is 0.243 e. The number of rotatable bonds is 12. The van der Waals surface area contributed by atoms with E-state index in [-0.39, 0.29) is 24.4 Å².